The second kappa shape index (κ2) is 7.46. The molecular formula is C21H26N4O. The van der Waals surface area contributed by atoms with Gasteiger partial charge in [-0.25, -0.2) is 4.98 Å². The van der Waals surface area contributed by atoms with Gasteiger partial charge in [-0.05, 0) is 68.6 Å². The number of hydrogen-bond acceptors (Lipinski definition) is 4. The van der Waals surface area contributed by atoms with Gasteiger partial charge in [0.2, 0.25) is 0 Å². The number of aromatic nitrogens is 1. The third-order valence-electron chi connectivity index (χ3n) is 5.56. The lowest BCUT2D eigenvalue weighted by Crippen LogP contribution is -2.42. The lowest BCUT2D eigenvalue weighted by Gasteiger charge is -2.28. The number of rotatable bonds is 4. The predicted octanol–water partition coefficient (Wildman–Crippen LogP) is 3.03. The van der Waals surface area contributed by atoms with Crippen LogP contribution in [0.5, 0.6) is 0 Å². The molecule has 2 aliphatic heterocycles. The van der Waals surface area contributed by atoms with Gasteiger partial charge in [-0.1, -0.05) is 12.1 Å². The van der Waals surface area contributed by atoms with Crippen LogP contribution in [-0.4, -0.2) is 52.9 Å². The van der Waals surface area contributed by atoms with Gasteiger partial charge < -0.3 is 15.5 Å². The van der Waals surface area contributed by atoms with Gasteiger partial charge in [0.25, 0.3) is 5.91 Å². The zero-order chi connectivity index (χ0) is 17.9. The summed E-state index contributed by atoms with van der Waals surface area (Å²) in [4.78, 5) is 21.7. The summed E-state index contributed by atoms with van der Waals surface area (Å²) in [6.45, 7) is 4.27. The van der Waals surface area contributed by atoms with Crippen LogP contribution in [0.15, 0.2) is 42.6 Å². The van der Waals surface area contributed by atoms with Crippen LogP contribution in [-0.2, 0) is 0 Å². The fourth-order valence-electron chi connectivity index (χ4n) is 4.10. The van der Waals surface area contributed by atoms with Crippen LogP contribution in [0, 0.1) is 0 Å². The third kappa shape index (κ3) is 3.58. The van der Waals surface area contributed by atoms with Crippen LogP contribution < -0.4 is 5.73 Å². The highest BCUT2D eigenvalue weighted by atomic mass is 16.2. The van der Waals surface area contributed by atoms with Crippen LogP contribution in [0.25, 0.3) is 11.1 Å². The molecule has 2 saturated heterocycles. The molecule has 136 valence electrons. The van der Waals surface area contributed by atoms with Gasteiger partial charge in [-0.3, -0.25) is 4.79 Å². The number of carbonyl (C=O) groups excluding carboxylic acids is 1. The Morgan fingerprint density at radius 2 is 1.73 bits per heavy atom. The van der Waals surface area contributed by atoms with Crippen molar-refractivity contribution in [1.82, 2.24) is 14.8 Å². The number of carbonyl (C=O) groups is 1. The van der Waals surface area contributed by atoms with Gasteiger partial charge in [0.15, 0.2) is 0 Å². The minimum atomic E-state index is 0.161. The Labute approximate surface area is 154 Å². The maximum absolute atomic E-state index is 13.0. The highest BCUT2D eigenvalue weighted by molar-refractivity contribution is 5.95. The largest absolute Gasteiger partial charge is 0.384 e. The fourth-order valence-corrected chi connectivity index (χ4v) is 4.10. The molecule has 2 aliphatic rings. The SMILES string of the molecule is Nc1ccc(-c2ccc(C(=O)N3CCCC3CN3CCCC3)cc2)cn1. The lowest BCUT2D eigenvalue weighted by atomic mass is 10.0. The van der Waals surface area contributed by atoms with Crippen LogP contribution in [0.3, 0.4) is 0 Å². The average Bonchev–Trinajstić information content (AvgIpc) is 3.34. The maximum Gasteiger partial charge on any atom is 0.254 e. The standard InChI is InChI=1S/C21H26N4O/c22-20-10-9-18(14-23-20)16-5-7-17(8-6-16)21(26)25-13-3-4-19(25)15-24-11-1-2-12-24/h5-10,14,19H,1-4,11-13,15H2,(H2,22,23). The molecule has 1 unspecified atom stereocenters. The molecule has 3 heterocycles. The van der Waals surface area contributed by atoms with E-state index in [0.29, 0.717) is 11.9 Å². The molecule has 0 aliphatic carbocycles. The first-order valence-corrected chi connectivity index (χ1v) is 9.56. The van der Waals surface area contributed by atoms with Gasteiger partial charge in [0.1, 0.15) is 5.82 Å². The number of likely N-dealkylation sites (tertiary alicyclic amines) is 2. The van der Waals surface area contributed by atoms with Crippen LogP contribution in [0.2, 0.25) is 0 Å². The quantitative estimate of drug-likeness (QED) is 0.921. The second-order valence-corrected chi connectivity index (χ2v) is 7.35. The van der Waals surface area contributed by atoms with Crippen molar-refractivity contribution >= 4 is 11.7 Å². The summed E-state index contributed by atoms with van der Waals surface area (Å²) < 4.78 is 0. The van der Waals surface area contributed by atoms with Crippen LogP contribution in [0.1, 0.15) is 36.0 Å². The molecule has 5 heteroatoms. The van der Waals surface area contributed by atoms with Crippen molar-refractivity contribution in [2.45, 2.75) is 31.7 Å². The lowest BCUT2D eigenvalue weighted by molar-refractivity contribution is 0.0709. The normalized spacial score (nSPS) is 20.6. The highest BCUT2D eigenvalue weighted by Crippen LogP contribution is 2.24. The van der Waals surface area contributed by atoms with E-state index in [9.17, 15) is 4.79 Å². The summed E-state index contributed by atoms with van der Waals surface area (Å²) in [5, 5.41) is 0. The minimum Gasteiger partial charge on any atom is -0.384 e. The average molecular weight is 350 g/mol. The van der Waals surface area contributed by atoms with E-state index in [4.69, 9.17) is 5.73 Å². The Morgan fingerprint density at radius 1 is 1.00 bits per heavy atom. The molecule has 1 amide bonds. The van der Waals surface area contributed by atoms with E-state index in [-0.39, 0.29) is 5.91 Å². The molecule has 1 aromatic heterocycles. The Kier molecular flexibility index (Phi) is 4.89. The molecule has 0 radical (unpaired) electrons. The number of pyridine rings is 1. The topological polar surface area (TPSA) is 62.5 Å². The number of benzene rings is 1. The van der Waals surface area contributed by atoms with Crippen molar-refractivity contribution < 1.29 is 4.79 Å². The van der Waals surface area contributed by atoms with Crippen molar-refractivity contribution in [2.24, 2.45) is 0 Å². The smallest absolute Gasteiger partial charge is 0.254 e. The number of hydrogen-bond donors (Lipinski definition) is 1. The number of nitrogens with zero attached hydrogens (tertiary/aromatic N) is 3. The number of nitrogen functional groups attached to an aromatic ring is 1. The second-order valence-electron chi connectivity index (χ2n) is 7.35. The molecule has 1 aromatic carbocycles. The monoisotopic (exact) mass is 350 g/mol. The van der Waals surface area contributed by atoms with Crippen molar-refractivity contribution in [1.29, 1.82) is 0 Å². The fraction of sp³-hybridized carbons (Fsp3) is 0.429. The zero-order valence-electron chi connectivity index (χ0n) is 15.1. The van der Waals surface area contributed by atoms with Gasteiger partial charge in [0.05, 0.1) is 0 Å². The molecule has 2 N–H and O–H groups in total. The Hall–Kier alpha value is -2.40. The first-order chi connectivity index (χ1) is 12.7. The van der Waals surface area contributed by atoms with Crippen molar-refractivity contribution in [3.8, 4) is 11.1 Å². The Balaban J connectivity index is 1.46. The Morgan fingerprint density at radius 3 is 2.42 bits per heavy atom. The zero-order valence-corrected chi connectivity index (χ0v) is 15.1. The minimum absolute atomic E-state index is 0.161. The van der Waals surface area contributed by atoms with Crippen molar-refractivity contribution in [3.63, 3.8) is 0 Å². The van der Waals surface area contributed by atoms with Gasteiger partial charge in [0, 0.05) is 36.5 Å². The molecule has 4 rings (SSSR count). The molecule has 0 spiro atoms. The molecule has 2 fully saturated rings. The maximum atomic E-state index is 13.0. The molecule has 0 saturated carbocycles. The van der Waals surface area contributed by atoms with Crippen molar-refractivity contribution in [2.75, 3.05) is 31.9 Å². The van der Waals surface area contributed by atoms with Gasteiger partial charge >= 0.3 is 0 Å². The molecule has 26 heavy (non-hydrogen) atoms. The number of nitrogens with two attached hydrogens (primary N) is 1. The van der Waals surface area contributed by atoms with E-state index in [1.165, 1.54) is 25.9 Å². The highest BCUT2D eigenvalue weighted by Gasteiger charge is 2.31. The van der Waals surface area contributed by atoms with E-state index in [0.717, 1.165) is 42.6 Å². The number of amides is 1. The first-order valence-electron chi connectivity index (χ1n) is 9.56. The van der Waals surface area contributed by atoms with Gasteiger partial charge in [-0.15, -0.1) is 0 Å². The summed E-state index contributed by atoms with van der Waals surface area (Å²) in [6, 6.07) is 11.9. The van der Waals surface area contributed by atoms with Gasteiger partial charge in [-0.2, -0.15) is 0 Å². The molecule has 2 aromatic rings. The first kappa shape index (κ1) is 17.0. The van der Waals surface area contributed by atoms with Crippen LogP contribution in [0.4, 0.5) is 5.82 Å². The summed E-state index contributed by atoms with van der Waals surface area (Å²) in [7, 11) is 0. The van der Waals surface area contributed by atoms with Crippen molar-refractivity contribution in [3.05, 3.63) is 48.2 Å². The third-order valence-corrected chi connectivity index (χ3v) is 5.56. The molecular weight excluding hydrogens is 324 g/mol. The summed E-state index contributed by atoms with van der Waals surface area (Å²) in [5.41, 5.74) is 8.47. The predicted molar refractivity (Wildman–Crippen MR) is 104 cm³/mol. The van der Waals surface area contributed by atoms with E-state index in [2.05, 4.69) is 14.8 Å². The number of anilines is 1. The molecule has 1 atom stereocenters. The van der Waals surface area contributed by atoms with Crippen LogP contribution >= 0.6 is 0 Å². The van der Waals surface area contributed by atoms with E-state index >= 15 is 0 Å². The summed E-state index contributed by atoms with van der Waals surface area (Å²) in [5.74, 6) is 0.673. The summed E-state index contributed by atoms with van der Waals surface area (Å²) >= 11 is 0. The molecule has 5 nitrogen and oxygen atoms in total. The van der Waals surface area contributed by atoms with E-state index in [1.54, 1.807) is 12.3 Å². The Bertz CT molecular complexity index is 751. The molecule has 0 bridgehead atoms. The van der Waals surface area contributed by atoms with E-state index < -0.39 is 0 Å². The van der Waals surface area contributed by atoms with E-state index in [1.807, 2.05) is 30.3 Å². The summed E-state index contributed by atoms with van der Waals surface area (Å²) in [6.07, 6.45) is 6.58.